The summed E-state index contributed by atoms with van der Waals surface area (Å²) in [6.45, 7) is 0. The van der Waals surface area contributed by atoms with E-state index in [-0.39, 0.29) is 11.7 Å². The van der Waals surface area contributed by atoms with E-state index in [1.165, 1.54) is 0 Å². The van der Waals surface area contributed by atoms with Crippen molar-refractivity contribution in [2.24, 2.45) is 0 Å². The average Bonchev–Trinajstić information content (AvgIpc) is 2.29. The van der Waals surface area contributed by atoms with Crippen LogP contribution in [0.25, 0.3) is 0 Å². The van der Waals surface area contributed by atoms with E-state index < -0.39 is 28.3 Å². The van der Waals surface area contributed by atoms with Gasteiger partial charge >= 0.3 is 0 Å². The first-order valence-corrected chi connectivity index (χ1v) is 6.81. The molecule has 1 saturated heterocycles. The molecule has 1 aromatic rings. The maximum atomic E-state index is 13.3. The molecule has 0 amide bonds. The van der Waals surface area contributed by atoms with E-state index in [9.17, 15) is 17.4 Å². The molecule has 0 spiro atoms. The quantitative estimate of drug-likeness (QED) is 0.830. The monoisotopic (exact) mass is 263 g/mol. The van der Waals surface area contributed by atoms with Gasteiger partial charge in [-0.05, 0) is 12.8 Å². The third-order valence-corrected chi connectivity index (χ3v) is 4.14. The summed E-state index contributed by atoms with van der Waals surface area (Å²) in [6, 6.07) is 1.31. The molecule has 2 rings (SSSR count). The number of nitrogens with one attached hydrogen (secondary N) is 1. The van der Waals surface area contributed by atoms with E-state index in [0.717, 1.165) is 6.07 Å². The van der Waals surface area contributed by atoms with Crippen molar-refractivity contribution in [1.82, 2.24) is 0 Å². The van der Waals surface area contributed by atoms with E-state index >= 15 is 0 Å². The van der Waals surface area contributed by atoms with Gasteiger partial charge in [-0.3, -0.25) is 4.21 Å². The number of rotatable bonds is 2. The molecule has 1 fully saturated rings. The summed E-state index contributed by atoms with van der Waals surface area (Å²) in [7, 11) is -0.800. The zero-order valence-electron chi connectivity index (χ0n) is 9.01. The maximum absolute atomic E-state index is 13.3. The third kappa shape index (κ3) is 3.00. The summed E-state index contributed by atoms with van der Waals surface area (Å²) in [5, 5.41) is 2.82. The molecular formula is C11H12F3NOS. The minimum atomic E-state index is -1.20. The molecule has 6 heteroatoms. The lowest BCUT2D eigenvalue weighted by Gasteiger charge is -2.23. The van der Waals surface area contributed by atoms with Crippen LogP contribution in [0, 0.1) is 17.5 Å². The van der Waals surface area contributed by atoms with Crippen LogP contribution in [0.4, 0.5) is 18.9 Å². The molecule has 0 unspecified atom stereocenters. The lowest BCUT2D eigenvalue weighted by molar-refractivity contribution is 0.495. The highest BCUT2D eigenvalue weighted by Crippen LogP contribution is 2.22. The smallest absolute Gasteiger partial charge is 0.161 e. The van der Waals surface area contributed by atoms with E-state index in [1.807, 2.05) is 0 Å². The summed E-state index contributed by atoms with van der Waals surface area (Å²) >= 11 is 0. The van der Waals surface area contributed by atoms with Gasteiger partial charge in [-0.25, -0.2) is 13.2 Å². The molecule has 0 saturated carbocycles. The number of anilines is 1. The third-order valence-electron chi connectivity index (χ3n) is 2.76. The highest BCUT2D eigenvalue weighted by atomic mass is 32.2. The van der Waals surface area contributed by atoms with Gasteiger partial charge in [0.2, 0.25) is 0 Å². The number of hydrogen-bond acceptors (Lipinski definition) is 2. The van der Waals surface area contributed by atoms with Crippen molar-refractivity contribution in [3.8, 4) is 0 Å². The van der Waals surface area contributed by atoms with Gasteiger partial charge in [0.1, 0.15) is 5.82 Å². The first kappa shape index (κ1) is 12.4. The van der Waals surface area contributed by atoms with Crippen LogP contribution in [0.2, 0.25) is 0 Å². The molecule has 0 radical (unpaired) electrons. The highest BCUT2D eigenvalue weighted by molar-refractivity contribution is 7.85. The van der Waals surface area contributed by atoms with E-state index in [1.54, 1.807) is 0 Å². The molecule has 94 valence electrons. The van der Waals surface area contributed by atoms with Crippen molar-refractivity contribution in [3.05, 3.63) is 29.6 Å². The van der Waals surface area contributed by atoms with Crippen molar-refractivity contribution < 1.29 is 17.4 Å². The molecule has 1 aliphatic rings. The van der Waals surface area contributed by atoms with Crippen LogP contribution >= 0.6 is 0 Å². The maximum Gasteiger partial charge on any atom is 0.161 e. The molecule has 0 aliphatic carbocycles. The Morgan fingerprint density at radius 1 is 1.06 bits per heavy atom. The largest absolute Gasteiger partial charge is 0.380 e. The lowest BCUT2D eigenvalue weighted by atomic mass is 10.1. The first-order valence-electron chi connectivity index (χ1n) is 5.32. The van der Waals surface area contributed by atoms with Gasteiger partial charge < -0.3 is 5.32 Å². The van der Waals surface area contributed by atoms with Crippen LogP contribution in [0.3, 0.4) is 0 Å². The zero-order valence-corrected chi connectivity index (χ0v) is 9.83. The van der Waals surface area contributed by atoms with Crippen LogP contribution in [-0.2, 0) is 10.8 Å². The SMILES string of the molecule is O=S1CCC(Nc2cc(F)c(F)cc2F)CC1. The normalized spacial score (nSPS) is 24.6. The Kier molecular flexibility index (Phi) is 3.71. The van der Waals surface area contributed by atoms with Crippen molar-refractivity contribution >= 4 is 16.5 Å². The fourth-order valence-electron chi connectivity index (χ4n) is 1.79. The van der Waals surface area contributed by atoms with Crippen LogP contribution in [0.1, 0.15) is 12.8 Å². The molecule has 0 bridgehead atoms. The Bertz CT molecular complexity index is 443. The van der Waals surface area contributed by atoms with E-state index in [0.29, 0.717) is 30.4 Å². The van der Waals surface area contributed by atoms with Gasteiger partial charge in [-0.15, -0.1) is 0 Å². The Morgan fingerprint density at radius 2 is 1.65 bits per heavy atom. The molecule has 1 aliphatic heterocycles. The Balaban J connectivity index is 2.08. The Hall–Kier alpha value is -1.04. The first-order chi connectivity index (χ1) is 8.06. The summed E-state index contributed by atoms with van der Waals surface area (Å²) in [6.07, 6.45) is 1.29. The average molecular weight is 263 g/mol. The molecule has 17 heavy (non-hydrogen) atoms. The molecule has 0 aromatic heterocycles. The summed E-state index contributed by atoms with van der Waals surface area (Å²) < 4.78 is 50.1. The van der Waals surface area contributed by atoms with E-state index in [4.69, 9.17) is 0 Å². The van der Waals surface area contributed by atoms with Crippen LogP contribution in [-0.4, -0.2) is 21.8 Å². The number of hydrogen-bond donors (Lipinski definition) is 1. The van der Waals surface area contributed by atoms with Crippen LogP contribution in [0.5, 0.6) is 0 Å². The van der Waals surface area contributed by atoms with Crippen molar-refractivity contribution in [2.45, 2.75) is 18.9 Å². The molecule has 0 atom stereocenters. The molecule has 2 nitrogen and oxygen atoms in total. The summed E-state index contributed by atoms with van der Waals surface area (Å²) in [5.74, 6) is -1.96. The van der Waals surface area contributed by atoms with E-state index in [2.05, 4.69) is 5.32 Å². The van der Waals surface area contributed by atoms with Crippen molar-refractivity contribution in [1.29, 1.82) is 0 Å². The van der Waals surface area contributed by atoms with Crippen molar-refractivity contribution in [2.75, 3.05) is 16.8 Å². The molecule has 1 N–H and O–H groups in total. The fourth-order valence-corrected chi connectivity index (χ4v) is 3.09. The van der Waals surface area contributed by atoms with Gasteiger partial charge in [-0.2, -0.15) is 0 Å². The zero-order chi connectivity index (χ0) is 12.4. The fraction of sp³-hybridized carbons (Fsp3) is 0.455. The standard InChI is InChI=1S/C11H12F3NOS/c12-8-5-10(14)11(6-9(8)13)15-7-1-3-17(16)4-2-7/h5-7,15H,1-4H2. The van der Waals surface area contributed by atoms with Gasteiger partial charge in [0, 0.05) is 40.5 Å². The number of halogens is 3. The van der Waals surface area contributed by atoms with Gasteiger partial charge in [0.05, 0.1) is 5.69 Å². The summed E-state index contributed by atoms with van der Waals surface area (Å²) in [4.78, 5) is 0. The minimum Gasteiger partial charge on any atom is -0.380 e. The predicted octanol–water partition coefficient (Wildman–Crippen LogP) is 2.43. The van der Waals surface area contributed by atoms with Crippen molar-refractivity contribution in [3.63, 3.8) is 0 Å². The highest BCUT2D eigenvalue weighted by Gasteiger charge is 2.19. The second kappa shape index (κ2) is 5.08. The Labute approximate surface area is 99.7 Å². The molecular weight excluding hydrogens is 251 g/mol. The van der Waals surface area contributed by atoms with Crippen LogP contribution < -0.4 is 5.32 Å². The van der Waals surface area contributed by atoms with Gasteiger partial charge in [0.15, 0.2) is 11.6 Å². The van der Waals surface area contributed by atoms with Gasteiger partial charge in [-0.1, -0.05) is 0 Å². The van der Waals surface area contributed by atoms with Gasteiger partial charge in [0.25, 0.3) is 0 Å². The second-order valence-electron chi connectivity index (χ2n) is 4.01. The Morgan fingerprint density at radius 3 is 2.29 bits per heavy atom. The number of benzene rings is 1. The van der Waals surface area contributed by atoms with Crippen LogP contribution in [0.15, 0.2) is 12.1 Å². The molecule has 1 aromatic carbocycles. The lowest BCUT2D eigenvalue weighted by Crippen LogP contribution is -2.29. The minimum absolute atomic E-state index is 0.0351. The second-order valence-corrected chi connectivity index (χ2v) is 5.71. The summed E-state index contributed by atoms with van der Waals surface area (Å²) in [5.41, 5.74) is -0.0402. The topological polar surface area (TPSA) is 29.1 Å². The predicted molar refractivity (Wildman–Crippen MR) is 60.8 cm³/mol. The molecule has 1 heterocycles.